The molecule has 0 saturated heterocycles. The predicted molar refractivity (Wildman–Crippen MR) is 64.5 cm³/mol. The lowest BCUT2D eigenvalue weighted by Crippen LogP contribution is -2.38. The van der Waals surface area contributed by atoms with E-state index >= 15 is 0 Å². The second-order valence-corrected chi connectivity index (χ2v) is 3.71. The summed E-state index contributed by atoms with van der Waals surface area (Å²) in [4.78, 5) is 11.6. The standard InChI is InChI=1S/C13H16N2O2/c1-3-12(13(16)15-8-7-14)17-11-6-4-5-10(2)9-11/h4-6,9,12H,3,8H2,1-2H3,(H,15,16)/t12-/m0/s1. The minimum absolute atomic E-state index is 0.00646. The molecule has 1 atom stereocenters. The van der Waals surface area contributed by atoms with Crippen LogP contribution in [-0.4, -0.2) is 18.6 Å². The molecule has 0 aliphatic heterocycles. The lowest BCUT2D eigenvalue weighted by molar-refractivity contribution is -0.127. The fraction of sp³-hybridized carbons (Fsp3) is 0.385. The van der Waals surface area contributed by atoms with E-state index in [9.17, 15) is 4.79 Å². The van der Waals surface area contributed by atoms with E-state index in [-0.39, 0.29) is 12.5 Å². The number of rotatable bonds is 5. The molecule has 1 rings (SSSR count). The Morgan fingerprint density at radius 2 is 2.35 bits per heavy atom. The van der Waals surface area contributed by atoms with Gasteiger partial charge in [0.15, 0.2) is 6.10 Å². The van der Waals surface area contributed by atoms with Crippen LogP contribution in [0.25, 0.3) is 0 Å². The van der Waals surface area contributed by atoms with Crippen molar-refractivity contribution in [1.82, 2.24) is 5.32 Å². The van der Waals surface area contributed by atoms with Gasteiger partial charge in [-0.2, -0.15) is 5.26 Å². The number of nitriles is 1. The Labute approximate surface area is 101 Å². The Hall–Kier alpha value is -2.02. The first kappa shape index (κ1) is 13.0. The number of ether oxygens (including phenoxy) is 1. The molecule has 1 aromatic rings. The summed E-state index contributed by atoms with van der Waals surface area (Å²) in [5.74, 6) is 0.416. The van der Waals surface area contributed by atoms with Crippen LogP contribution in [0.5, 0.6) is 5.75 Å². The van der Waals surface area contributed by atoms with Gasteiger partial charge < -0.3 is 10.1 Å². The second-order valence-electron chi connectivity index (χ2n) is 3.71. The Balaban J connectivity index is 2.64. The van der Waals surface area contributed by atoms with Crippen LogP contribution >= 0.6 is 0 Å². The molecule has 1 amide bonds. The molecule has 0 bridgehead atoms. The summed E-state index contributed by atoms with van der Waals surface area (Å²) in [6, 6.07) is 9.39. The Morgan fingerprint density at radius 1 is 1.59 bits per heavy atom. The van der Waals surface area contributed by atoms with Gasteiger partial charge in [0.1, 0.15) is 12.3 Å². The van der Waals surface area contributed by atoms with Crippen LogP contribution in [-0.2, 0) is 4.79 Å². The Kier molecular flexibility index (Phi) is 5.02. The van der Waals surface area contributed by atoms with Gasteiger partial charge in [-0.25, -0.2) is 0 Å². The van der Waals surface area contributed by atoms with Crippen LogP contribution in [0.15, 0.2) is 24.3 Å². The van der Waals surface area contributed by atoms with Crippen LogP contribution in [0.1, 0.15) is 18.9 Å². The van der Waals surface area contributed by atoms with Gasteiger partial charge in [0, 0.05) is 0 Å². The second kappa shape index (κ2) is 6.54. The molecule has 4 nitrogen and oxygen atoms in total. The average molecular weight is 232 g/mol. The van der Waals surface area contributed by atoms with E-state index in [0.717, 1.165) is 5.56 Å². The monoisotopic (exact) mass is 232 g/mol. The number of carbonyl (C=O) groups is 1. The van der Waals surface area contributed by atoms with E-state index in [2.05, 4.69) is 5.32 Å². The van der Waals surface area contributed by atoms with Crippen molar-refractivity contribution in [2.24, 2.45) is 0 Å². The van der Waals surface area contributed by atoms with E-state index in [4.69, 9.17) is 10.00 Å². The van der Waals surface area contributed by atoms with E-state index in [1.807, 2.05) is 44.2 Å². The number of hydrogen-bond donors (Lipinski definition) is 1. The normalized spacial score (nSPS) is 11.4. The van der Waals surface area contributed by atoms with E-state index < -0.39 is 6.10 Å². The zero-order chi connectivity index (χ0) is 12.7. The molecule has 1 aromatic carbocycles. The quantitative estimate of drug-likeness (QED) is 0.787. The molecular formula is C13H16N2O2. The first-order valence-electron chi connectivity index (χ1n) is 5.55. The summed E-state index contributed by atoms with van der Waals surface area (Å²) in [6.07, 6.45) is 0.00993. The SMILES string of the molecule is CC[C@H](Oc1cccc(C)c1)C(=O)NCC#N. The maximum atomic E-state index is 11.6. The number of aryl methyl sites for hydroxylation is 1. The Morgan fingerprint density at radius 3 is 2.94 bits per heavy atom. The van der Waals surface area contributed by atoms with E-state index in [1.54, 1.807) is 0 Å². The van der Waals surface area contributed by atoms with Gasteiger partial charge in [-0.15, -0.1) is 0 Å². The predicted octanol–water partition coefficient (Wildman–Crippen LogP) is 1.79. The molecule has 0 aliphatic carbocycles. The fourth-order valence-electron chi connectivity index (χ4n) is 1.42. The zero-order valence-corrected chi connectivity index (χ0v) is 10.1. The third-order valence-electron chi connectivity index (χ3n) is 2.27. The number of nitrogens with one attached hydrogen (secondary N) is 1. The van der Waals surface area contributed by atoms with Gasteiger partial charge in [0.2, 0.25) is 0 Å². The lowest BCUT2D eigenvalue weighted by Gasteiger charge is -2.16. The molecule has 17 heavy (non-hydrogen) atoms. The van der Waals surface area contributed by atoms with E-state index in [0.29, 0.717) is 12.2 Å². The highest BCUT2D eigenvalue weighted by atomic mass is 16.5. The molecule has 0 saturated carbocycles. The number of hydrogen-bond acceptors (Lipinski definition) is 3. The first-order chi connectivity index (χ1) is 8.17. The van der Waals surface area contributed by atoms with Gasteiger partial charge in [-0.05, 0) is 31.0 Å². The maximum absolute atomic E-state index is 11.6. The highest BCUT2D eigenvalue weighted by Gasteiger charge is 2.17. The van der Waals surface area contributed by atoms with Gasteiger partial charge in [-0.1, -0.05) is 19.1 Å². The molecule has 4 heteroatoms. The number of benzene rings is 1. The molecule has 0 heterocycles. The molecule has 0 aromatic heterocycles. The van der Waals surface area contributed by atoms with Crippen LogP contribution in [0.2, 0.25) is 0 Å². The number of nitrogens with zero attached hydrogens (tertiary/aromatic N) is 1. The van der Waals surface area contributed by atoms with Gasteiger partial charge in [-0.3, -0.25) is 4.79 Å². The summed E-state index contributed by atoms with van der Waals surface area (Å²) in [5, 5.41) is 10.9. The largest absolute Gasteiger partial charge is 0.481 e. The first-order valence-corrected chi connectivity index (χ1v) is 5.55. The van der Waals surface area contributed by atoms with E-state index in [1.165, 1.54) is 0 Å². The third kappa shape index (κ3) is 4.15. The lowest BCUT2D eigenvalue weighted by atomic mass is 10.2. The minimum Gasteiger partial charge on any atom is -0.481 e. The molecule has 0 spiro atoms. The van der Waals surface area contributed by atoms with Gasteiger partial charge in [0.25, 0.3) is 5.91 Å². The van der Waals surface area contributed by atoms with Crippen molar-refractivity contribution in [3.63, 3.8) is 0 Å². The molecular weight excluding hydrogens is 216 g/mol. The summed E-state index contributed by atoms with van der Waals surface area (Å²) < 4.78 is 5.58. The highest BCUT2D eigenvalue weighted by Crippen LogP contribution is 2.15. The molecule has 0 aliphatic rings. The van der Waals surface area contributed by atoms with Crippen LogP contribution in [0.3, 0.4) is 0 Å². The van der Waals surface area contributed by atoms with Crippen LogP contribution < -0.4 is 10.1 Å². The molecule has 0 fully saturated rings. The van der Waals surface area contributed by atoms with Crippen LogP contribution in [0, 0.1) is 18.3 Å². The molecule has 90 valence electrons. The van der Waals surface area contributed by atoms with Crippen molar-refractivity contribution in [2.45, 2.75) is 26.4 Å². The Bertz CT molecular complexity index is 424. The van der Waals surface area contributed by atoms with Crippen molar-refractivity contribution in [1.29, 1.82) is 5.26 Å². The average Bonchev–Trinajstić information content (AvgIpc) is 2.33. The van der Waals surface area contributed by atoms with Gasteiger partial charge in [0.05, 0.1) is 6.07 Å². The minimum atomic E-state index is -0.551. The van der Waals surface area contributed by atoms with Crippen molar-refractivity contribution < 1.29 is 9.53 Å². The van der Waals surface area contributed by atoms with Crippen LogP contribution in [0.4, 0.5) is 0 Å². The molecule has 1 N–H and O–H groups in total. The third-order valence-corrected chi connectivity index (χ3v) is 2.27. The summed E-state index contributed by atoms with van der Waals surface area (Å²) in [6.45, 7) is 3.84. The topological polar surface area (TPSA) is 62.1 Å². The van der Waals surface area contributed by atoms with Crippen molar-refractivity contribution >= 4 is 5.91 Å². The van der Waals surface area contributed by atoms with Crippen molar-refractivity contribution in [3.8, 4) is 11.8 Å². The zero-order valence-electron chi connectivity index (χ0n) is 10.1. The van der Waals surface area contributed by atoms with Gasteiger partial charge >= 0.3 is 0 Å². The summed E-state index contributed by atoms with van der Waals surface area (Å²) in [5.41, 5.74) is 1.08. The molecule has 0 unspecified atom stereocenters. The van der Waals surface area contributed by atoms with Crippen molar-refractivity contribution in [3.05, 3.63) is 29.8 Å². The summed E-state index contributed by atoms with van der Waals surface area (Å²) in [7, 11) is 0. The number of amides is 1. The molecule has 0 radical (unpaired) electrons. The highest BCUT2D eigenvalue weighted by molar-refractivity contribution is 5.81. The van der Waals surface area contributed by atoms with Crippen molar-refractivity contribution in [2.75, 3.05) is 6.54 Å². The maximum Gasteiger partial charge on any atom is 0.261 e. The smallest absolute Gasteiger partial charge is 0.261 e. The summed E-state index contributed by atoms with van der Waals surface area (Å²) >= 11 is 0. The number of carbonyl (C=O) groups excluding carboxylic acids is 1. The fourth-order valence-corrected chi connectivity index (χ4v) is 1.42.